The van der Waals surface area contributed by atoms with Crippen LogP contribution < -0.4 is 5.32 Å². The summed E-state index contributed by atoms with van der Waals surface area (Å²) in [5.74, 6) is 0.0427. The largest absolute Gasteiger partial charge is 0.355 e. The molecule has 0 atom stereocenters. The molecule has 1 N–H and O–H groups in total. The molecule has 0 unspecified atom stereocenters. The van der Waals surface area contributed by atoms with E-state index in [0.29, 0.717) is 13.0 Å². The van der Waals surface area contributed by atoms with Crippen molar-refractivity contribution in [2.75, 3.05) is 6.54 Å². The molecule has 3 heteroatoms. The summed E-state index contributed by atoms with van der Waals surface area (Å²) in [6.45, 7) is 0.595. The number of hydrogen-bond donors (Lipinski definition) is 1. The van der Waals surface area contributed by atoms with Gasteiger partial charge in [-0.15, -0.1) is 0 Å². The van der Waals surface area contributed by atoms with E-state index < -0.39 is 0 Å². The van der Waals surface area contributed by atoms with Crippen LogP contribution in [0.5, 0.6) is 0 Å². The molecule has 4 aromatic rings. The third-order valence-corrected chi connectivity index (χ3v) is 4.54. The molecule has 0 aliphatic rings. The molecule has 26 heavy (non-hydrogen) atoms. The van der Waals surface area contributed by atoms with Crippen LogP contribution in [0.2, 0.25) is 0 Å². The number of fused-ring (bicyclic) bond motifs is 2. The third-order valence-electron chi connectivity index (χ3n) is 4.54. The molecule has 0 radical (unpaired) electrons. The normalized spacial score (nSPS) is 10.9. The summed E-state index contributed by atoms with van der Waals surface area (Å²) in [5.41, 5.74) is 3.02. The number of pyridine rings is 1. The van der Waals surface area contributed by atoms with Crippen molar-refractivity contribution in [2.24, 2.45) is 0 Å². The minimum Gasteiger partial charge on any atom is -0.355 e. The summed E-state index contributed by atoms with van der Waals surface area (Å²) in [6, 6.07) is 26.5. The van der Waals surface area contributed by atoms with Crippen LogP contribution in [0.1, 0.15) is 11.3 Å². The van der Waals surface area contributed by atoms with Gasteiger partial charge in [-0.1, -0.05) is 66.7 Å². The first-order valence-electron chi connectivity index (χ1n) is 8.87. The summed E-state index contributed by atoms with van der Waals surface area (Å²) < 4.78 is 0. The lowest BCUT2D eigenvalue weighted by Crippen LogP contribution is -2.27. The van der Waals surface area contributed by atoms with Crippen LogP contribution in [0.3, 0.4) is 0 Å². The monoisotopic (exact) mass is 340 g/mol. The Morgan fingerprint density at radius 3 is 2.42 bits per heavy atom. The lowest BCUT2D eigenvalue weighted by atomic mass is 10.0. The molecule has 3 nitrogen and oxygen atoms in total. The molecule has 1 amide bonds. The minimum absolute atomic E-state index is 0.0427. The van der Waals surface area contributed by atoms with Gasteiger partial charge in [0.15, 0.2) is 0 Å². The number of hydrogen-bond acceptors (Lipinski definition) is 2. The number of benzene rings is 3. The molecule has 0 aliphatic heterocycles. The fourth-order valence-electron chi connectivity index (χ4n) is 3.17. The number of aromatic nitrogens is 1. The van der Waals surface area contributed by atoms with Gasteiger partial charge >= 0.3 is 0 Å². The maximum atomic E-state index is 12.2. The van der Waals surface area contributed by atoms with Crippen LogP contribution in [0, 0.1) is 0 Å². The van der Waals surface area contributed by atoms with E-state index in [-0.39, 0.29) is 5.91 Å². The third kappa shape index (κ3) is 3.72. The maximum absolute atomic E-state index is 12.2. The van der Waals surface area contributed by atoms with Gasteiger partial charge < -0.3 is 5.32 Å². The molecule has 0 saturated heterocycles. The predicted molar refractivity (Wildman–Crippen MR) is 106 cm³/mol. The molecule has 3 aromatic carbocycles. The van der Waals surface area contributed by atoms with Crippen LogP contribution in [0.4, 0.5) is 0 Å². The topological polar surface area (TPSA) is 42.0 Å². The van der Waals surface area contributed by atoms with Gasteiger partial charge in [0.1, 0.15) is 0 Å². The Hall–Kier alpha value is -3.20. The molecule has 1 heterocycles. The first kappa shape index (κ1) is 16.3. The predicted octanol–water partition coefficient (Wildman–Crippen LogP) is 4.29. The Morgan fingerprint density at radius 2 is 1.54 bits per heavy atom. The van der Waals surface area contributed by atoms with Gasteiger partial charge in [-0.3, -0.25) is 9.78 Å². The zero-order valence-electron chi connectivity index (χ0n) is 14.5. The van der Waals surface area contributed by atoms with Crippen molar-refractivity contribution >= 4 is 27.6 Å². The number of carbonyl (C=O) groups is 1. The average molecular weight is 340 g/mol. The van der Waals surface area contributed by atoms with Gasteiger partial charge in [-0.2, -0.15) is 0 Å². The number of nitrogens with one attached hydrogen (secondary N) is 1. The van der Waals surface area contributed by atoms with E-state index in [1.165, 1.54) is 5.39 Å². The van der Waals surface area contributed by atoms with Crippen LogP contribution >= 0.6 is 0 Å². The van der Waals surface area contributed by atoms with Gasteiger partial charge in [0.2, 0.25) is 5.91 Å². The summed E-state index contributed by atoms with van der Waals surface area (Å²) in [7, 11) is 0. The molecular formula is C23H20N2O. The molecular weight excluding hydrogens is 320 g/mol. The van der Waals surface area contributed by atoms with E-state index in [1.807, 2.05) is 42.5 Å². The van der Waals surface area contributed by atoms with Gasteiger partial charge in [0, 0.05) is 24.0 Å². The average Bonchev–Trinajstić information content (AvgIpc) is 2.68. The van der Waals surface area contributed by atoms with Crippen molar-refractivity contribution in [2.45, 2.75) is 12.8 Å². The zero-order valence-corrected chi connectivity index (χ0v) is 14.5. The van der Waals surface area contributed by atoms with Gasteiger partial charge in [0.05, 0.1) is 11.9 Å². The van der Waals surface area contributed by atoms with Crippen LogP contribution in [0.25, 0.3) is 21.7 Å². The first-order chi connectivity index (χ1) is 12.8. The molecule has 0 spiro atoms. The highest BCUT2D eigenvalue weighted by Gasteiger charge is 2.05. The number of rotatable bonds is 5. The molecule has 4 rings (SSSR count). The Labute approximate surface area is 152 Å². The summed E-state index contributed by atoms with van der Waals surface area (Å²) in [6.07, 6.45) is 1.13. The second kappa shape index (κ2) is 7.36. The number of amides is 1. The first-order valence-corrected chi connectivity index (χ1v) is 8.87. The van der Waals surface area contributed by atoms with E-state index in [2.05, 4.69) is 46.7 Å². The minimum atomic E-state index is 0.0427. The van der Waals surface area contributed by atoms with Crippen LogP contribution in [-0.4, -0.2) is 17.4 Å². The smallest absolute Gasteiger partial charge is 0.224 e. The molecule has 128 valence electrons. The van der Waals surface area contributed by atoms with Crippen LogP contribution in [0.15, 0.2) is 78.9 Å². The Morgan fingerprint density at radius 1 is 0.808 bits per heavy atom. The Balaban J connectivity index is 1.34. The standard InChI is InChI=1S/C23H20N2O/c26-23(16-17-9-10-18-5-1-2-7-20(18)15-17)24-14-13-21-12-11-19-6-3-4-8-22(19)25-21/h1-12,15H,13-14,16H2,(H,24,26). The number of para-hydroxylation sites is 1. The molecule has 0 bridgehead atoms. The molecule has 0 fully saturated rings. The van der Waals surface area contributed by atoms with E-state index >= 15 is 0 Å². The SMILES string of the molecule is O=C(Cc1ccc2ccccc2c1)NCCc1ccc2ccccc2n1. The van der Waals surface area contributed by atoms with E-state index in [9.17, 15) is 4.79 Å². The molecule has 1 aromatic heterocycles. The van der Waals surface area contributed by atoms with Gasteiger partial charge in [-0.05, 0) is 28.5 Å². The Bertz CT molecular complexity index is 1070. The van der Waals surface area contributed by atoms with E-state index in [0.717, 1.165) is 34.0 Å². The summed E-state index contributed by atoms with van der Waals surface area (Å²) >= 11 is 0. The second-order valence-electron chi connectivity index (χ2n) is 6.45. The summed E-state index contributed by atoms with van der Waals surface area (Å²) in [4.78, 5) is 16.9. The van der Waals surface area contributed by atoms with E-state index in [4.69, 9.17) is 0 Å². The highest BCUT2D eigenvalue weighted by Crippen LogP contribution is 2.16. The highest BCUT2D eigenvalue weighted by molar-refractivity contribution is 5.85. The summed E-state index contributed by atoms with van der Waals surface area (Å²) in [5, 5.41) is 6.49. The fourth-order valence-corrected chi connectivity index (χ4v) is 3.17. The van der Waals surface area contributed by atoms with Gasteiger partial charge in [0.25, 0.3) is 0 Å². The number of nitrogens with zero attached hydrogens (tertiary/aromatic N) is 1. The Kier molecular flexibility index (Phi) is 4.61. The van der Waals surface area contributed by atoms with Crippen LogP contribution in [-0.2, 0) is 17.6 Å². The quantitative estimate of drug-likeness (QED) is 0.589. The van der Waals surface area contributed by atoms with E-state index in [1.54, 1.807) is 0 Å². The van der Waals surface area contributed by atoms with Crippen molar-refractivity contribution in [1.82, 2.24) is 10.3 Å². The van der Waals surface area contributed by atoms with Crippen molar-refractivity contribution in [1.29, 1.82) is 0 Å². The fraction of sp³-hybridized carbons (Fsp3) is 0.130. The lowest BCUT2D eigenvalue weighted by molar-refractivity contribution is -0.120. The highest BCUT2D eigenvalue weighted by atomic mass is 16.1. The molecule has 0 aliphatic carbocycles. The van der Waals surface area contributed by atoms with Crippen molar-refractivity contribution in [3.05, 3.63) is 90.1 Å². The van der Waals surface area contributed by atoms with Crippen molar-refractivity contribution in [3.63, 3.8) is 0 Å². The second-order valence-corrected chi connectivity index (χ2v) is 6.45. The maximum Gasteiger partial charge on any atom is 0.224 e. The van der Waals surface area contributed by atoms with Crippen molar-refractivity contribution < 1.29 is 4.79 Å². The molecule has 0 saturated carbocycles. The van der Waals surface area contributed by atoms with Gasteiger partial charge in [-0.25, -0.2) is 0 Å². The van der Waals surface area contributed by atoms with Crippen molar-refractivity contribution in [3.8, 4) is 0 Å². The number of carbonyl (C=O) groups excluding carboxylic acids is 1. The zero-order chi connectivity index (χ0) is 17.8. The lowest BCUT2D eigenvalue weighted by Gasteiger charge is -2.07.